The Hall–Kier alpha value is -2.33. The fraction of sp³-hybridized carbons (Fsp3) is 0.238. The van der Waals surface area contributed by atoms with Crippen LogP contribution < -0.4 is 5.32 Å². The topological polar surface area (TPSA) is 42.0 Å². The van der Waals surface area contributed by atoms with E-state index in [1.807, 2.05) is 37.3 Å². The number of hydrogen-bond donors (Lipinski definition) is 1. The molecule has 0 unspecified atom stereocenters. The Morgan fingerprint density at radius 1 is 1.16 bits per heavy atom. The van der Waals surface area contributed by atoms with Crippen LogP contribution in [0.4, 0.5) is 0 Å². The van der Waals surface area contributed by atoms with Crippen LogP contribution >= 0.6 is 11.8 Å². The number of carbonyl (C=O) groups is 1. The standard InChI is InChI=1S/C21H22N2OS/c1-4-15(3)22-21(24)18-13-20(23-19-8-6-5-7-17(18)19)25-16-11-9-14(2)10-12-16/h5-13,15H,4H2,1-3H3,(H,22,24)/t15-/m1/s1. The number of rotatable bonds is 5. The van der Waals surface area contributed by atoms with Gasteiger partial charge in [0.05, 0.1) is 11.1 Å². The van der Waals surface area contributed by atoms with Gasteiger partial charge in [0.25, 0.3) is 5.91 Å². The van der Waals surface area contributed by atoms with Crippen molar-refractivity contribution in [1.82, 2.24) is 10.3 Å². The van der Waals surface area contributed by atoms with E-state index < -0.39 is 0 Å². The summed E-state index contributed by atoms with van der Waals surface area (Å²) in [4.78, 5) is 18.6. The summed E-state index contributed by atoms with van der Waals surface area (Å²) in [6.07, 6.45) is 0.903. The zero-order valence-corrected chi connectivity index (χ0v) is 15.6. The van der Waals surface area contributed by atoms with Crippen molar-refractivity contribution in [2.75, 3.05) is 0 Å². The van der Waals surface area contributed by atoms with E-state index in [1.54, 1.807) is 11.8 Å². The molecule has 3 rings (SSSR count). The quantitative estimate of drug-likeness (QED) is 0.686. The van der Waals surface area contributed by atoms with Gasteiger partial charge in [-0.2, -0.15) is 0 Å². The Morgan fingerprint density at radius 3 is 2.60 bits per heavy atom. The number of para-hydroxylation sites is 1. The van der Waals surface area contributed by atoms with Gasteiger partial charge in [-0.25, -0.2) is 4.98 Å². The Kier molecular flexibility index (Phi) is 5.39. The van der Waals surface area contributed by atoms with E-state index in [4.69, 9.17) is 4.98 Å². The van der Waals surface area contributed by atoms with E-state index in [2.05, 4.69) is 43.4 Å². The first-order valence-electron chi connectivity index (χ1n) is 8.52. The molecule has 0 aliphatic heterocycles. The highest BCUT2D eigenvalue weighted by molar-refractivity contribution is 7.99. The second-order valence-electron chi connectivity index (χ2n) is 6.22. The summed E-state index contributed by atoms with van der Waals surface area (Å²) in [7, 11) is 0. The summed E-state index contributed by atoms with van der Waals surface area (Å²) in [6.45, 7) is 6.15. The van der Waals surface area contributed by atoms with Gasteiger partial charge in [-0.3, -0.25) is 4.79 Å². The minimum absolute atomic E-state index is 0.0429. The molecule has 0 bridgehead atoms. The van der Waals surface area contributed by atoms with Crippen LogP contribution in [0.2, 0.25) is 0 Å². The van der Waals surface area contributed by atoms with Gasteiger partial charge in [-0.15, -0.1) is 0 Å². The van der Waals surface area contributed by atoms with Crippen LogP contribution in [0.1, 0.15) is 36.2 Å². The first kappa shape index (κ1) is 17.5. The third-order valence-corrected chi connectivity index (χ3v) is 5.10. The van der Waals surface area contributed by atoms with Crippen LogP contribution in [0.25, 0.3) is 10.9 Å². The smallest absolute Gasteiger partial charge is 0.252 e. The molecule has 3 aromatic rings. The lowest BCUT2D eigenvalue weighted by atomic mass is 10.1. The molecule has 2 aromatic carbocycles. The van der Waals surface area contributed by atoms with E-state index in [-0.39, 0.29) is 11.9 Å². The largest absolute Gasteiger partial charge is 0.350 e. The Labute approximate surface area is 152 Å². The molecule has 4 heteroatoms. The SMILES string of the molecule is CC[C@@H](C)NC(=O)c1cc(Sc2ccc(C)cc2)nc2ccccc12. The molecule has 0 saturated heterocycles. The van der Waals surface area contributed by atoms with Gasteiger partial charge in [0.2, 0.25) is 0 Å². The van der Waals surface area contributed by atoms with Crippen LogP contribution in [0.15, 0.2) is 64.5 Å². The molecule has 1 heterocycles. The highest BCUT2D eigenvalue weighted by Gasteiger charge is 2.15. The zero-order chi connectivity index (χ0) is 17.8. The van der Waals surface area contributed by atoms with Crippen molar-refractivity contribution in [1.29, 1.82) is 0 Å². The fourth-order valence-corrected chi connectivity index (χ4v) is 3.36. The summed E-state index contributed by atoms with van der Waals surface area (Å²) >= 11 is 1.58. The molecule has 0 radical (unpaired) electrons. The molecule has 1 N–H and O–H groups in total. The summed E-state index contributed by atoms with van der Waals surface area (Å²) in [5.74, 6) is -0.0429. The van der Waals surface area contributed by atoms with Gasteiger partial charge in [0.1, 0.15) is 5.03 Å². The van der Waals surface area contributed by atoms with Gasteiger partial charge in [-0.1, -0.05) is 54.6 Å². The molecular weight excluding hydrogens is 328 g/mol. The predicted molar refractivity (Wildman–Crippen MR) is 104 cm³/mol. The molecule has 1 aromatic heterocycles. The maximum absolute atomic E-state index is 12.7. The molecule has 128 valence electrons. The summed E-state index contributed by atoms with van der Waals surface area (Å²) in [6, 6.07) is 18.2. The highest BCUT2D eigenvalue weighted by Crippen LogP contribution is 2.30. The van der Waals surface area contributed by atoms with E-state index in [0.29, 0.717) is 5.56 Å². The Balaban J connectivity index is 1.99. The van der Waals surface area contributed by atoms with Gasteiger partial charge in [0.15, 0.2) is 0 Å². The van der Waals surface area contributed by atoms with Crippen molar-refractivity contribution in [2.45, 2.75) is 43.2 Å². The first-order chi connectivity index (χ1) is 12.1. The first-order valence-corrected chi connectivity index (χ1v) is 9.33. The van der Waals surface area contributed by atoms with Gasteiger partial charge in [0, 0.05) is 16.3 Å². The lowest BCUT2D eigenvalue weighted by Crippen LogP contribution is -2.32. The number of aromatic nitrogens is 1. The number of amides is 1. The second-order valence-corrected chi connectivity index (χ2v) is 7.32. The maximum Gasteiger partial charge on any atom is 0.252 e. The molecule has 0 fully saturated rings. The normalized spacial score (nSPS) is 12.1. The monoisotopic (exact) mass is 350 g/mol. The highest BCUT2D eigenvalue weighted by atomic mass is 32.2. The minimum atomic E-state index is -0.0429. The molecule has 1 amide bonds. The average molecular weight is 350 g/mol. The van der Waals surface area contributed by atoms with Crippen molar-refractivity contribution in [2.24, 2.45) is 0 Å². The van der Waals surface area contributed by atoms with Crippen LogP contribution in [-0.4, -0.2) is 16.9 Å². The van der Waals surface area contributed by atoms with E-state index in [9.17, 15) is 4.79 Å². The van der Waals surface area contributed by atoms with Crippen molar-refractivity contribution in [3.8, 4) is 0 Å². The maximum atomic E-state index is 12.7. The van der Waals surface area contributed by atoms with E-state index >= 15 is 0 Å². The molecular formula is C21H22N2OS. The number of nitrogens with zero attached hydrogens (tertiary/aromatic N) is 1. The number of hydrogen-bond acceptors (Lipinski definition) is 3. The predicted octanol–water partition coefficient (Wildman–Crippen LogP) is 5.22. The Bertz CT molecular complexity index is 890. The third-order valence-electron chi connectivity index (χ3n) is 4.17. The van der Waals surface area contributed by atoms with Crippen LogP contribution in [-0.2, 0) is 0 Å². The molecule has 25 heavy (non-hydrogen) atoms. The van der Waals surface area contributed by atoms with Crippen molar-refractivity contribution in [3.63, 3.8) is 0 Å². The Morgan fingerprint density at radius 2 is 1.88 bits per heavy atom. The van der Waals surface area contributed by atoms with Crippen LogP contribution in [0.3, 0.4) is 0 Å². The summed E-state index contributed by atoms with van der Waals surface area (Å²) in [5, 5.41) is 4.78. The summed E-state index contributed by atoms with van der Waals surface area (Å²) < 4.78 is 0. The molecule has 0 aliphatic rings. The molecule has 0 saturated carbocycles. The van der Waals surface area contributed by atoms with Gasteiger partial charge < -0.3 is 5.32 Å². The van der Waals surface area contributed by atoms with Gasteiger partial charge >= 0.3 is 0 Å². The molecule has 0 spiro atoms. The number of nitrogens with one attached hydrogen (secondary N) is 1. The lowest BCUT2D eigenvalue weighted by molar-refractivity contribution is 0.0940. The number of fused-ring (bicyclic) bond motifs is 1. The number of aryl methyl sites for hydroxylation is 1. The molecule has 0 aliphatic carbocycles. The zero-order valence-electron chi connectivity index (χ0n) is 14.7. The minimum Gasteiger partial charge on any atom is -0.350 e. The average Bonchev–Trinajstić information content (AvgIpc) is 2.62. The third kappa shape index (κ3) is 4.20. The summed E-state index contributed by atoms with van der Waals surface area (Å²) in [5.41, 5.74) is 2.75. The van der Waals surface area contributed by atoms with Crippen molar-refractivity contribution < 1.29 is 4.79 Å². The number of carbonyl (C=O) groups excluding carboxylic acids is 1. The lowest BCUT2D eigenvalue weighted by Gasteiger charge is -2.14. The molecule has 1 atom stereocenters. The number of benzene rings is 2. The van der Waals surface area contributed by atoms with E-state index in [1.165, 1.54) is 5.56 Å². The van der Waals surface area contributed by atoms with Crippen molar-refractivity contribution in [3.05, 3.63) is 65.7 Å². The molecule has 3 nitrogen and oxygen atoms in total. The fourth-order valence-electron chi connectivity index (χ4n) is 2.52. The van der Waals surface area contributed by atoms with Crippen LogP contribution in [0, 0.1) is 6.92 Å². The van der Waals surface area contributed by atoms with Crippen molar-refractivity contribution >= 4 is 28.6 Å². The number of pyridine rings is 1. The van der Waals surface area contributed by atoms with E-state index in [0.717, 1.165) is 27.2 Å². The van der Waals surface area contributed by atoms with Crippen LogP contribution in [0.5, 0.6) is 0 Å². The second kappa shape index (κ2) is 7.70. The van der Waals surface area contributed by atoms with Gasteiger partial charge in [-0.05, 0) is 44.5 Å².